The number of anilines is 2. The van der Waals surface area contributed by atoms with Crippen LogP contribution in [0.25, 0.3) is 0 Å². The number of hydrogen-bond acceptors (Lipinski definition) is 4. The van der Waals surface area contributed by atoms with E-state index < -0.39 is 10.0 Å². The molecule has 6 nitrogen and oxygen atoms in total. The first kappa shape index (κ1) is 23.3. The zero-order valence-corrected chi connectivity index (χ0v) is 20.8. The van der Waals surface area contributed by atoms with E-state index in [1.54, 1.807) is 36.4 Å². The molecule has 1 N–H and O–H groups in total. The molecule has 0 radical (unpaired) electrons. The van der Waals surface area contributed by atoms with Gasteiger partial charge in [-0.1, -0.05) is 34.1 Å². The Hall–Kier alpha value is -2.36. The zero-order valence-electron chi connectivity index (χ0n) is 16.8. The predicted octanol–water partition coefficient (Wildman–Crippen LogP) is 5.36. The topological polar surface area (TPSA) is 75.7 Å². The molecule has 0 bridgehead atoms. The van der Waals surface area contributed by atoms with Crippen LogP contribution < -0.4 is 14.4 Å². The lowest BCUT2D eigenvalue weighted by atomic mass is 10.2. The Morgan fingerprint density at radius 3 is 2.29 bits per heavy atom. The average Bonchev–Trinajstić information content (AvgIpc) is 2.73. The van der Waals surface area contributed by atoms with Crippen molar-refractivity contribution >= 4 is 59.2 Å². The van der Waals surface area contributed by atoms with E-state index in [0.29, 0.717) is 17.1 Å². The highest BCUT2D eigenvalue weighted by Gasteiger charge is 2.21. The van der Waals surface area contributed by atoms with Crippen LogP contribution in [0.15, 0.2) is 80.6 Å². The van der Waals surface area contributed by atoms with E-state index >= 15 is 0 Å². The van der Waals surface area contributed by atoms with Crippen LogP contribution in [-0.2, 0) is 14.8 Å². The van der Waals surface area contributed by atoms with Gasteiger partial charge in [-0.05, 0) is 76.9 Å². The largest absolute Gasteiger partial charge is 0.482 e. The number of amides is 1. The first-order valence-corrected chi connectivity index (χ1v) is 12.2. The molecular formula is C22H20Br2N2O4S. The number of ether oxygens (including phenoxy) is 1. The lowest BCUT2D eigenvalue weighted by molar-refractivity contribution is -0.118. The van der Waals surface area contributed by atoms with Crippen molar-refractivity contribution in [2.45, 2.75) is 11.8 Å². The van der Waals surface area contributed by atoms with Crippen LogP contribution in [0.1, 0.15) is 5.56 Å². The van der Waals surface area contributed by atoms with E-state index in [1.165, 1.54) is 23.5 Å². The molecule has 9 heteroatoms. The Labute approximate surface area is 198 Å². The Morgan fingerprint density at radius 1 is 1.03 bits per heavy atom. The second-order valence-corrected chi connectivity index (χ2v) is 10.4. The summed E-state index contributed by atoms with van der Waals surface area (Å²) in [6.45, 7) is 1.70. The first-order valence-electron chi connectivity index (χ1n) is 9.21. The number of para-hydroxylation sites is 1. The molecule has 0 saturated carbocycles. The van der Waals surface area contributed by atoms with Gasteiger partial charge in [0.05, 0.1) is 15.1 Å². The second kappa shape index (κ2) is 9.84. The Bertz CT molecular complexity index is 1160. The molecule has 162 valence electrons. The lowest BCUT2D eigenvalue weighted by Gasteiger charge is -2.19. The summed E-state index contributed by atoms with van der Waals surface area (Å²) >= 11 is 6.82. The summed E-state index contributed by atoms with van der Waals surface area (Å²) in [6.07, 6.45) is 0. The molecule has 3 aromatic carbocycles. The molecule has 0 fully saturated rings. The van der Waals surface area contributed by atoms with Crippen LogP contribution in [0.2, 0.25) is 0 Å². The van der Waals surface area contributed by atoms with Gasteiger partial charge >= 0.3 is 0 Å². The van der Waals surface area contributed by atoms with Crippen LogP contribution in [0.4, 0.5) is 11.4 Å². The molecule has 0 saturated heterocycles. The molecule has 0 atom stereocenters. The fraction of sp³-hybridized carbons (Fsp3) is 0.136. The highest BCUT2D eigenvalue weighted by atomic mass is 79.9. The van der Waals surface area contributed by atoms with Gasteiger partial charge in [0.25, 0.3) is 15.9 Å². The molecule has 0 aliphatic heterocycles. The summed E-state index contributed by atoms with van der Waals surface area (Å²) in [5.41, 5.74) is 1.92. The zero-order chi connectivity index (χ0) is 22.6. The van der Waals surface area contributed by atoms with Gasteiger partial charge in [-0.15, -0.1) is 0 Å². The molecule has 3 aromatic rings. The maximum Gasteiger partial charge on any atom is 0.264 e. The third kappa shape index (κ3) is 5.66. The van der Waals surface area contributed by atoms with Crippen molar-refractivity contribution in [3.63, 3.8) is 0 Å². The van der Waals surface area contributed by atoms with Crippen molar-refractivity contribution in [2.75, 3.05) is 23.3 Å². The molecule has 0 heterocycles. The number of benzene rings is 3. The van der Waals surface area contributed by atoms with Gasteiger partial charge in [-0.3, -0.25) is 9.10 Å². The first-order chi connectivity index (χ1) is 14.7. The number of halogens is 2. The summed E-state index contributed by atoms with van der Waals surface area (Å²) in [5, 5.41) is 2.71. The highest BCUT2D eigenvalue weighted by Crippen LogP contribution is 2.32. The summed E-state index contributed by atoms with van der Waals surface area (Å²) in [5.74, 6) is 0.231. The van der Waals surface area contributed by atoms with Gasteiger partial charge in [-0.25, -0.2) is 8.42 Å². The van der Waals surface area contributed by atoms with E-state index in [2.05, 4.69) is 37.2 Å². The molecule has 0 spiro atoms. The summed E-state index contributed by atoms with van der Waals surface area (Å²) < 4.78 is 34.1. The normalized spacial score (nSPS) is 11.1. The van der Waals surface area contributed by atoms with Crippen molar-refractivity contribution in [3.8, 4) is 5.75 Å². The summed E-state index contributed by atoms with van der Waals surface area (Å²) in [6, 6.07) is 18.6. The number of nitrogens with one attached hydrogen (secondary N) is 1. The lowest BCUT2D eigenvalue weighted by Crippen LogP contribution is -2.26. The SMILES string of the molecule is Cc1cc(Br)cc(Br)c1OCC(=O)Nc1ccc(S(=O)(=O)N(C)c2ccccc2)cc1. The molecule has 3 rings (SSSR count). The van der Waals surface area contributed by atoms with Crippen LogP contribution in [0.5, 0.6) is 5.75 Å². The maximum atomic E-state index is 12.8. The predicted molar refractivity (Wildman–Crippen MR) is 129 cm³/mol. The Balaban J connectivity index is 1.65. The molecule has 0 unspecified atom stereocenters. The fourth-order valence-corrected chi connectivity index (χ4v) is 5.60. The van der Waals surface area contributed by atoms with E-state index in [9.17, 15) is 13.2 Å². The second-order valence-electron chi connectivity index (χ2n) is 6.70. The van der Waals surface area contributed by atoms with Crippen molar-refractivity contribution in [2.24, 2.45) is 0 Å². The van der Waals surface area contributed by atoms with E-state index in [1.807, 2.05) is 25.1 Å². The smallest absolute Gasteiger partial charge is 0.264 e. The van der Waals surface area contributed by atoms with Gasteiger partial charge < -0.3 is 10.1 Å². The number of nitrogens with zero attached hydrogens (tertiary/aromatic N) is 1. The van der Waals surface area contributed by atoms with Gasteiger partial charge in [0.1, 0.15) is 5.75 Å². The van der Waals surface area contributed by atoms with Crippen LogP contribution in [0, 0.1) is 6.92 Å². The van der Waals surface area contributed by atoms with Crippen LogP contribution in [-0.4, -0.2) is 28.0 Å². The Morgan fingerprint density at radius 2 is 1.68 bits per heavy atom. The minimum absolute atomic E-state index is 0.127. The highest BCUT2D eigenvalue weighted by molar-refractivity contribution is 9.11. The molecule has 31 heavy (non-hydrogen) atoms. The quantitative estimate of drug-likeness (QED) is 0.417. The average molecular weight is 568 g/mol. The number of rotatable bonds is 7. The Kier molecular flexibility index (Phi) is 7.40. The van der Waals surface area contributed by atoms with Gasteiger partial charge in [0.15, 0.2) is 6.61 Å². The number of aryl methyl sites for hydroxylation is 1. The monoisotopic (exact) mass is 566 g/mol. The van der Waals surface area contributed by atoms with Gasteiger partial charge in [0.2, 0.25) is 0 Å². The standard InChI is InChI=1S/C22H20Br2N2O4S/c1-15-12-16(23)13-20(24)22(15)30-14-21(27)25-17-8-10-19(11-9-17)31(28,29)26(2)18-6-4-3-5-7-18/h3-13H,14H2,1-2H3,(H,25,27). The van der Waals surface area contributed by atoms with Crippen LogP contribution >= 0.6 is 31.9 Å². The van der Waals surface area contributed by atoms with Crippen LogP contribution in [0.3, 0.4) is 0 Å². The minimum Gasteiger partial charge on any atom is -0.482 e. The molecule has 1 amide bonds. The van der Waals surface area contributed by atoms with Gasteiger partial charge in [0, 0.05) is 17.2 Å². The number of sulfonamides is 1. The molecular weight excluding hydrogens is 548 g/mol. The van der Waals surface area contributed by atoms with Crippen molar-refractivity contribution in [1.82, 2.24) is 0 Å². The molecule has 0 aliphatic rings. The van der Waals surface area contributed by atoms with E-state index in [-0.39, 0.29) is 17.4 Å². The number of hydrogen-bond donors (Lipinski definition) is 1. The number of carbonyl (C=O) groups excluding carboxylic acids is 1. The van der Waals surface area contributed by atoms with Crippen molar-refractivity contribution < 1.29 is 17.9 Å². The third-order valence-corrected chi connectivity index (χ3v) is 7.30. The third-order valence-electron chi connectivity index (χ3n) is 4.46. The van der Waals surface area contributed by atoms with Crippen molar-refractivity contribution in [3.05, 3.63) is 81.2 Å². The van der Waals surface area contributed by atoms with E-state index in [0.717, 1.165) is 14.5 Å². The molecule has 0 aromatic heterocycles. The van der Waals surface area contributed by atoms with E-state index in [4.69, 9.17) is 4.74 Å². The maximum absolute atomic E-state index is 12.8. The number of carbonyl (C=O) groups is 1. The van der Waals surface area contributed by atoms with Crippen molar-refractivity contribution in [1.29, 1.82) is 0 Å². The summed E-state index contributed by atoms with van der Waals surface area (Å²) in [7, 11) is -2.21. The minimum atomic E-state index is -3.71. The summed E-state index contributed by atoms with van der Waals surface area (Å²) in [4.78, 5) is 12.4. The van der Waals surface area contributed by atoms with Gasteiger partial charge in [-0.2, -0.15) is 0 Å². The fourth-order valence-electron chi connectivity index (χ4n) is 2.85. The molecule has 0 aliphatic carbocycles.